The molecule has 2 heterocycles. The predicted molar refractivity (Wildman–Crippen MR) is 112 cm³/mol. The molecule has 3 N–H and O–H groups in total. The molecule has 1 saturated heterocycles. The molecule has 2 aliphatic heterocycles. The summed E-state index contributed by atoms with van der Waals surface area (Å²) < 4.78 is 17.7. The van der Waals surface area contributed by atoms with Crippen LogP contribution in [0.25, 0.3) is 0 Å². The molecule has 33 heavy (non-hydrogen) atoms. The van der Waals surface area contributed by atoms with Crippen molar-refractivity contribution in [3.63, 3.8) is 0 Å². The minimum absolute atomic E-state index is 0.0611. The monoisotopic (exact) mass is 460 g/mol. The number of allylic oxidation sites excluding steroid dienone is 2. The van der Waals surface area contributed by atoms with Crippen LogP contribution in [0.5, 0.6) is 11.5 Å². The standard InChI is InChI=1S/C19H21NO3.C4H6O6/c1-20-9-8-19-12-5-7-15(22-3)18(19)23-17-14(21-2)6-4-11(16(17)19)10-13(12)20;5-1(3(7)8)2(6)4(9)10/h4-7,13,18H,8-10H2,1-3H3;1-2,5-6H,(H,7,8)(H,9,10)/p-1/t13-,18+,19+;/m1./s1. The summed E-state index contributed by atoms with van der Waals surface area (Å²) in [5.74, 6) is -1.15. The van der Waals surface area contributed by atoms with Crippen molar-refractivity contribution in [2.24, 2.45) is 0 Å². The number of piperidine rings is 1. The number of aliphatic carboxylic acids is 2. The van der Waals surface area contributed by atoms with E-state index >= 15 is 0 Å². The fourth-order valence-electron chi connectivity index (χ4n) is 5.36. The number of aliphatic hydroxyl groups is 2. The highest BCUT2D eigenvalue weighted by molar-refractivity contribution is 5.82. The molecule has 4 aliphatic rings. The van der Waals surface area contributed by atoms with Crippen molar-refractivity contribution < 1.29 is 44.2 Å². The van der Waals surface area contributed by atoms with Gasteiger partial charge < -0.3 is 39.4 Å². The maximum absolute atomic E-state index is 9.74. The lowest BCUT2D eigenvalue weighted by atomic mass is 9.57. The van der Waals surface area contributed by atoms with Crippen LogP contribution in [-0.4, -0.2) is 84.3 Å². The third-order valence-corrected chi connectivity index (χ3v) is 6.95. The smallest absolute Gasteiger partial charge is 0.335 e. The number of carbonyl (C=O) groups excluding carboxylic acids is 1. The Balaban J connectivity index is 0.000000223. The third kappa shape index (κ3) is 3.36. The molecule has 0 amide bonds. The van der Waals surface area contributed by atoms with E-state index in [1.54, 1.807) is 14.2 Å². The number of carbonyl (C=O) groups is 2. The van der Waals surface area contributed by atoms with E-state index in [1.165, 1.54) is 16.7 Å². The molecule has 0 saturated carbocycles. The Kier molecular flexibility index (Phi) is 5.85. The lowest BCUT2D eigenvalue weighted by Crippen LogP contribution is -2.58. The number of carboxylic acids is 2. The Morgan fingerprint density at radius 3 is 2.52 bits per heavy atom. The summed E-state index contributed by atoms with van der Waals surface area (Å²) in [5.41, 5.74) is 4.15. The Labute approximate surface area is 190 Å². The molecule has 5 rings (SSSR count). The third-order valence-electron chi connectivity index (χ3n) is 6.95. The summed E-state index contributed by atoms with van der Waals surface area (Å²) in [5, 5.41) is 34.1. The van der Waals surface area contributed by atoms with Gasteiger partial charge in [-0.25, -0.2) is 4.79 Å². The van der Waals surface area contributed by atoms with Crippen LogP contribution in [0.2, 0.25) is 0 Å². The minimum Gasteiger partial charge on any atom is -0.547 e. The molecule has 0 radical (unpaired) electrons. The van der Waals surface area contributed by atoms with Gasteiger partial charge in [0.25, 0.3) is 0 Å². The predicted octanol–water partition coefficient (Wildman–Crippen LogP) is -1.03. The van der Waals surface area contributed by atoms with E-state index in [0.717, 1.165) is 36.6 Å². The van der Waals surface area contributed by atoms with Crippen molar-refractivity contribution in [1.29, 1.82) is 0 Å². The van der Waals surface area contributed by atoms with Gasteiger partial charge in [-0.05, 0) is 49.7 Å². The second kappa shape index (κ2) is 8.36. The molecule has 1 fully saturated rings. The maximum atomic E-state index is 9.74. The Morgan fingerprint density at radius 1 is 1.21 bits per heavy atom. The van der Waals surface area contributed by atoms with Crippen molar-refractivity contribution >= 4 is 11.9 Å². The van der Waals surface area contributed by atoms with Crippen molar-refractivity contribution in [2.45, 2.75) is 42.6 Å². The number of nitrogens with zero attached hydrogens (tertiary/aromatic N) is 1. The number of ether oxygens (including phenoxy) is 3. The van der Waals surface area contributed by atoms with E-state index in [4.69, 9.17) is 29.5 Å². The first-order chi connectivity index (χ1) is 15.7. The zero-order valence-electron chi connectivity index (χ0n) is 18.5. The number of hydrogen-bond acceptors (Lipinski definition) is 9. The Bertz CT molecular complexity index is 1030. The lowest BCUT2D eigenvalue weighted by molar-refractivity contribution is -0.318. The topological polar surface area (TPSA) is 149 Å². The van der Waals surface area contributed by atoms with Crippen molar-refractivity contribution in [3.05, 3.63) is 46.7 Å². The summed E-state index contributed by atoms with van der Waals surface area (Å²) >= 11 is 0. The van der Waals surface area contributed by atoms with E-state index in [9.17, 15) is 14.7 Å². The fraction of sp³-hybridized carbons (Fsp3) is 0.478. The fourth-order valence-corrected chi connectivity index (χ4v) is 5.36. The zero-order valence-corrected chi connectivity index (χ0v) is 18.5. The number of rotatable bonds is 5. The van der Waals surface area contributed by atoms with Crippen LogP contribution >= 0.6 is 0 Å². The van der Waals surface area contributed by atoms with Gasteiger partial charge in [0.2, 0.25) is 0 Å². The van der Waals surface area contributed by atoms with Crippen LogP contribution in [0, 0.1) is 0 Å². The van der Waals surface area contributed by atoms with Crippen LogP contribution in [0.4, 0.5) is 0 Å². The molecular formula is C23H26NO9-. The maximum Gasteiger partial charge on any atom is 0.335 e. The summed E-state index contributed by atoms with van der Waals surface area (Å²) in [7, 11) is 5.68. The second-order valence-corrected chi connectivity index (χ2v) is 8.49. The molecular weight excluding hydrogens is 434 g/mol. The van der Waals surface area contributed by atoms with E-state index in [-0.39, 0.29) is 11.5 Å². The first kappa shape index (κ1) is 23.1. The van der Waals surface area contributed by atoms with Crippen molar-refractivity contribution in [3.8, 4) is 11.5 Å². The summed E-state index contributed by atoms with van der Waals surface area (Å²) in [6.45, 7) is 1.08. The molecule has 1 spiro atoms. The molecule has 178 valence electrons. The Morgan fingerprint density at radius 2 is 1.94 bits per heavy atom. The van der Waals surface area contributed by atoms with Crippen molar-refractivity contribution in [1.82, 2.24) is 4.90 Å². The van der Waals surface area contributed by atoms with Crippen LogP contribution in [-0.2, 0) is 26.2 Å². The van der Waals surface area contributed by atoms with E-state index in [1.807, 2.05) is 6.07 Å². The summed E-state index contributed by atoms with van der Waals surface area (Å²) in [6, 6.07) is 4.72. The largest absolute Gasteiger partial charge is 0.547 e. The second-order valence-electron chi connectivity index (χ2n) is 8.49. The first-order valence-electron chi connectivity index (χ1n) is 10.5. The highest BCUT2D eigenvalue weighted by atomic mass is 16.6. The molecule has 2 unspecified atom stereocenters. The number of hydrogen-bond donors (Lipinski definition) is 3. The quantitative estimate of drug-likeness (QED) is 0.498. The van der Waals surface area contributed by atoms with Gasteiger partial charge in [0, 0.05) is 11.6 Å². The van der Waals surface area contributed by atoms with Gasteiger partial charge in [-0.1, -0.05) is 12.1 Å². The molecule has 5 atom stereocenters. The highest BCUT2D eigenvalue weighted by Gasteiger charge is 2.61. The van der Waals surface area contributed by atoms with Crippen LogP contribution in [0.3, 0.4) is 0 Å². The average Bonchev–Trinajstić information content (AvgIpc) is 3.15. The van der Waals surface area contributed by atoms with E-state index < -0.39 is 24.1 Å². The molecule has 1 aromatic rings. The van der Waals surface area contributed by atoms with Gasteiger partial charge in [0.1, 0.15) is 11.9 Å². The molecule has 10 heteroatoms. The van der Waals surface area contributed by atoms with Gasteiger partial charge >= 0.3 is 5.97 Å². The first-order valence-corrected chi connectivity index (χ1v) is 10.5. The van der Waals surface area contributed by atoms with E-state index in [2.05, 4.69) is 30.2 Å². The van der Waals surface area contributed by atoms with E-state index in [0.29, 0.717) is 6.04 Å². The highest BCUT2D eigenvalue weighted by Crippen LogP contribution is 2.62. The summed E-state index contributed by atoms with van der Waals surface area (Å²) in [4.78, 5) is 21.9. The normalized spacial score (nSPS) is 28.0. The number of benzene rings is 1. The Hall–Kier alpha value is -3.08. The molecule has 0 aromatic heterocycles. The SMILES string of the molecule is COC1=CC=C2[C@H]3Cc4ccc(OC)c5c4[C@@]2(CCN3C)[C@H]1O5.O=C([O-])C(O)C(O)C(=O)O. The molecule has 1 aromatic carbocycles. The van der Waals surface area contributed by atoms with Crippen molar-refractivity contribution in [2.75, 3.05) is 27.8 Å². The van der Waals surface area contributed by atoms with Crippen LogP contribution < -0.4 is 14.6 Å². The lowest BCUT2D eigenvalue weighted by Gasteiger charge is -2.52. The van der Waals surface area contributed by atoms with Crippen LogP contribution in [0.1, 0.15) is 17.5 Å². The van der Waals surface area contributed by atoms with Gasteiger partial charge in [0.05, 0.1) is 25.6 Å². The molecule has 2 aliphatic carbocycles. The zero-order chi connectivity index (χ0) is 24.1. The molecule has 2 bridgehead atoms. The number of likely N-dealkylation sites (tertiary alicyclic amines) is 1. The minimum atomic E-state index is -2.38. The number of methoxy groups -OCH3 is 2. The number of aliphatic hydroxyl groups excluding tert-OH is 2. The van der Waals surface area contributed by atoms with Gasteiger partial charge in [-0.3, -0.25) is 4.90 Å². The van der Waals surface area contributed by atoms with Gasteiger partial charge in [0.15, 0.2) is 23.7 Å². The summed E-state index contributed by atoms with van der Waals surface area (Å²) in [6.07, 6.45) is 1.70. The average molecular weight is 460 g/mol. The number of carboxylic acid groups (broad SMARTS) is 2. The van der Waals surface area contributed by atoms with Gasteiger partial charge in [-0.2, -0.15) is 0 Å². The van der Waals surface area contributed by atoms with Gasteiger partial charge in [-0.15, -0.1) is 0 Å². The van der Waals surface area contributed by atoms with Crippen LogP contribution in [0.15, 0.2) is 35.6 Å². The molecule has 10 nitrogen and oxygen atoms in total. The number of likely N-dealkylation sites (N-methyl/N-ethyl adjacent to an activating group) is 1.